The third kappa shape index (κ3) is 6.41. The number of para-hydroxylation sites is 1. The molecule has 0 spiro atoms. The zero-order valence-corrected chi connectivity index (χ0v) is 23.0. The van der Waals surface area contributed by atoms with Crippen LogP contribution in [-0.2, 0) is 33.4 Å². The number of carbonyl (C=O) groups excluding carboxylic acids is 3. The van der Waals surface area contributed by atoms with Crippen molar-refractivity contribution in [3.05, 3.63) is 114 Å². The molecule has 41 heavy (non-hydrogen) atoms. The molecule has 2 atom stereocenters. The Morgan fingerprint density at radius 1 is 0.927 bits per heavy atom. The lowest BCUT2D eigenvalue weighted by molar-refractivity contribution is -0.160. The predicted octanol–water partition coefficient (Wildman–Crippen LogP) is 3.08. The molecule has 0 saturated carbocycles. The first kappa shape index (κ1) is 27.9. The molecule has 2 amide bonds. The van der Waals surface area contributed by atoms with Gasteiger partial charge in [0.1, 0.15) is 11.8 Å². The van der Waals surface area contributed by atoms with Crippen molar-refractivity contribution in [3.63, 3.8) is 0 Å². The van der Waals surface area contributed by atoms with Gasteiger partial charge in [0.25, 0.3) is 11.8 Å². The SMILES string of the molecule is CS(=O)(=O)OC1=C(C(=O)OC(c2ccccc2)c2ccccc2)N2C(=O)[C@@H](NC(=O)COc3ccccc3)[C@@H]2CC1. The molecule has 0 radical (unpaired) electrons. The van der Waals surface area contributed by atoms with Crippen molar-refractivity contribution in [3.8, 4) is 5.75 Å². The molecule has 0 aromatic heterocycles. The van der Waals surface area contributed by atoms with E-state index in [0.29, 0.717) is 16.9 Å². The number of amides is 2. The highest BCUT2D eigenvalue weighted by atomic mass is 32.2. The molecule has 0 bridgehead atoms. The van der Waals surface area contributed by atoms with E-state index in [1.165, 1.54) is 0 Å². The first-order valence-corrected chi connectivity index (χ1v) is 14.8. The zero-order valence-electron chi connectivity index (χ0n) is 22.1. The van der Waals surface area contributed by atoms with E-state index in [2.05, 4.69) is 5.32 Å². The number of hydrogen-bond donors (Lipinski definition) is 1. The van der Waals surface area contributed by atoms with Gasteiger partial charge >= 0.3 is 16.1 Å². The monoisotopic (exact) mass is 576 g/mol. The number of β-lactam (4-membered cyclic amide) rings is 1. The van der Waals surface area contributed by atoms with Gasteiger partial charge in [0.2, 0.25) is 0 Å². The highest BCUT2D eigenvalue weighted by molar-refractivity contribution is 7.86. The minimum absolute atomic E-state index is 0.0418. The molecule has 3 aromatic rings. The fourth-order valence-electron chi connectivity index (χ4n) is 4.91. The number of ether oxygens (including phenoxy) is 2. The summed E-state index contributed by atoms with van der Waals surface area (Å²) >= 11 is 0. The van der Waals surface area contributed by atoms with Crippen LogP contribution in [0.4, 0.5) is 0 Å². The van der Waals surface area contributed by atoms with Crippen molar-refractivity contribution in [2.24, 2.45) is 0 Å². The molecule has 5 rings (SSSR count). The van der Waals surface area contributed by atoms with E-state index in [-0.39, 0.29) is 30.9 Å². The highest BCUT2D eigenvalue weighted by Gasteiger charge is 2.55. The van der Waals surface area contributed by atoms with E-state index in [4.69, 9.17) is 13.7 Å². The number of esters is 1. The van der Waals surface area contributed by atoms with E-state index in [1.54, 1.807) is 72.8 Å². The molecule has 1 N–H and O–H groups in total. The van der Waals surface area contributed by atoms with Crippen LogP contribution in [0.15, 0.2) is 102 Å². The third-order valence-corrected chi connectivity index (χ3v) is 7.20. The maximum Gasteiger partial charge on any atom is 0.359 e. The smallest absolute Gasteiger partial charge is 0.359 e. The lowest BCUT2D eigenvalue weighted by atomic mass is 9.85. The average molecular weight is 577 g/mol. The van der Waals surface area contributed by atoms with Gasteiger partial charge in [-0.1, -0.05) is 78.9 Å². The van der Waals surface area contributed by atoms with E-state index >= 15 is 0 Å². The number of hydrogen-bond acceptors (Lipinski definition) is 8. The maximum atomic E-state index is 13.7. The summed E-state index contributed by atoms with van der Waals surface area (Å²) in [5, 5.41) is 2.66. The van der Waals surface area contributed by atoms with Crippen molar-refractivity contribution in [1.29, 1.82) is 0 Å². The summed E-state index contributed by atoms with van der Waals surface area (Å²) in [6.45, 7) is -0.302. The van der Waals surface area contributed by atoms with E-state index < -0.39 is 46.1 Å². The Morgan fingerprint density at radius 3 is 2.05 bits per heavy atom. The number of nitrogens with one attached hydrogen (secondary N) is 1. The summed E-state index contributed by atoms with van der Waals surface area (Å²) < 4.78 is 40.6. The predicted molar refractivity (Wildman–Crippen MR) is 148 cm³/mol. The zero-order chi connectivity index (χ0) is 29.0. The van der Waals surface area contributed by atoms with E-state index in [9.17, 15) is 22.8 Å². The van der Waals surface area contributed by atoms with Gasteiger partial charge in [0.15, 0.2) is 24.2 Å². The van der Waals surface area contributed by atoms with Crippen LogP contribution in [-0.4, -0.2) is 56.0 Å². The summed E-state index contributed by atoms with van der Waals surface area (Å²) in [4.78, 5) is 40.7. The van der Waals surface area contributed by atoms with Crippen molar-refractivity contribution < 1.29 is 36.5 Å². The molecular weight excluding hydrogens is 548 g/mol. The second-order valence-corrected chi connectivity index (χ2v) is 11.2. The van der Waals surface area contributed by atoms with Crippen LogP contribution in [0.25, 0.3) is 0 Å². The normalized spacial score (nSPS) is 18.3. The number of fused-ring (bicyclic) bond motifs is 1. The van der Waals surface area contributed by atoms with Crippen molar-refractivity contribution in [2.45, 2.75) is 31.0 Å². The molecule has 0 unspecified atom stereocenters. The van der Waals surface area contributed by atoms with Gasteiger partial charge in [0.05, 0.1) is 12.3 Å². The minimum Gasteiger partial charge on any atom is -0.484 e. The number of allylic oxidation sites excluding steroid dienone is 1. The van der Waals surface area contributed by atoms with Crippen LogP contribution < -0.4 is 10.1 Å². The Kier molecular flexibility index (Phi) is 8.06. The lowest BCUT2D eigenvalue weighted by Crippen LogP contribution is -2.72. The summed E-state index contributed by atoms with van der Waals surface area (Å²) in [6, 6.07) is 25.3. The van der Waals surface area contributed by atoms with Gasteiger partial charge in [-0.3, -0.25) is 14.5 Å². The molecule has 1 saturated heterocycles. The first-order valence-electron chi connectivity index (χ1n) is 12.9. The summed E-state index contributed by atoms with van der Waals surface area (Å²) in [7, 11) is -4.01. The Labute approximate surface area is 237 Å². The maximum absolute atomic E-state index is 13.7. The van der Waals surface area contributed by atoms with Gasteiger partial charge in [-0.05, 0) is 29.7 Å². The molecule has 3 aromatic carbocycles. The molecule has 2 aliphatic heterocycles. The van der Waals surface area contributed by atoms with E-state index in [0.717, 1.165) is 11.2 Å². The molecule has 0 aliphatic carbocycles. The molecule has 1 fully saturated rings. The van der Waals surface area contributed by atoms with Gasteiger partial charge in [-0.25, -0.2) is 4.79 Å². The lowest BCUT2D eigenvalue weighted by Gasteiger charge is -2.49. The summed E-state index contributed by atoms with van der Waals surface area (Å²) in [6.07, 6.45) is 0.331. The van der Waals surface area contributed by atoms with Gasteiger partial charge < -0.3 is 19.0 Å². The molecule has 212 valence electrons. The average Bonchev–Trinajstić information content (AvgIpc) is 2.98. The van der Waals surface area contributed by atoms with Crippen LogP contribution in [0.3, 0.4) is 0 Å². The highest BCUT2D eigenvalue weighted by Crippen LogP contribution is 2.39. The van der Waals surface area contributed by atoms with Crippen LogP contribution in [0.2, 0.25) is 0 Å². The largest absolute Gasteiger partial charge is 0.484 e. The minimum atomic E-state index is -4.01. The van der Waals surface area contributed by atoms with Gasteiger partial charge in [-0.15, -0.1) is 0 Å². The van der Waals surface area contributed by atoms with Gasteiger partial charge in [-0.2, -0.15) is 8.42 Å². The fraction of sp³-hybridized carbons (Fsp3) is 0.233. The topological polar surface area (TPSA) is 128 Å². The van der Waals surface area contributed by atoms with Crippen molar-refractivity contribution in [1.82, 2.24) is 10.2 Å². The molecule has 10 nitrogen and oxygen atoms in total. The fourth-order valence-corrected chi connectivity index (χ4v) is 5.44. The number of rotatable bonds is 10. The molecule has 11 heteroatoms. The Morgan fingerprint density at radius 2 is 1.49 bits per heavy atom. The molecule has 2 aliphatic rings. The van der Waals surface area contributed by atoms with Gasteiger partial charge in [0, 0.05) is 6.42 Å². The third-order valence-electron chi connectivity index (χ3n) is 6.70. The van der Waals surface area contributed by atoms with Crippen molar-refractivity contribution in [2.75, 3.05) is 12.9 Å². The Balaban J connectivity index is 1.37. The second kappa shape index (κ2) is 11.8. The number of nitrogens with zero attached hydrogens (tertiary/aromatic N) is 1. The summed E-state index contributed by atoms with van der Waals surface area (Å²) in [5.74, 6) is -1.69. The number of carbonyl (C=O) groups is 3. The molecular formula is C30H28N2O8S. The van der Waals surface area contributed by atoms with Crippen LogP contribution in [0.5, 0.6) is 5.75 Å². The van der Waals surface area contributed by atoms with Crippen molar-refractivity contribution >= 4 is 27.9 Å². The first-order chi connectivity index (χ1) is 19.7. The van der Waals surface area contributed by atoms with Crippen LogP contribution >= 0.6 is 0 Å². The van der Waals surface area contributed by atoms with Crippen LogP contribution in [0.1, 0.15) is 30.1 Å². The van der Waals surface area contributed by atoms with Crippen LogP contribution in [0, 0.1) is 0 Å². The Hall–Kier alpha value is -4.64. The number of benzene rings is 3. The standard InChI is InChI=1S/C30H28N2O8S/c1-41(36,37)40-24-18-17-23-26(31-25(33)19-38-22-15-9-4-10-16-22)29(34)32(23)27(24)30(35)39-28(20-11-5-2-6-12-20)21-13-7-3-8-14-21/h2-16,23,26,28H,17-19H2,1H3,(H,31,33)/t23-,26-/m0/s1. The quantitative estimate of drug-likeness (QED) is 0.222. The molecule has 2 heterocycles. The summed E-state index contributed by atoms with van der Waals surface area (Å²) in [5.41, 5.74) is 1.08. The van der Waals surface area contributed by atoms with E-state index in [1.807, 2.05) is 18.2 Å². The second-order valence-electron chi connectivity index (χ2n) is 9.63. The Bertz CT molecular complexity index is 1520.